The van der Waals surface area contributed by atoms with Gasteiger partial charge in [-0.3, -0.25) is 9.78 Å². The van der Waals surface area contributed by atoms with Crippen LogP contribution in [0.25, 0.3) is 21.3 Å². The number of ketones is 1. The Morgan fingerprint density at radius 2 is 2.03 bits per heavy atom. The normalized spacial score (nSPS) is 16.9. The second-order valence-corrected chi connectivity index (χ2v) is 9.04. The highest BCUT2D eigenvalue weighted by Crippen LogP contribution is 2.27. The van der Waals surface area contributed by atoms with E-state index in [2.05, 4.69) is 26.1 Å². The zero-order valence-electron chi connectivity index (χ0n) is 16.8. The maximum Gasteiger partial charge on any atom is 0.147 e. The molecule has 1 aliphatic heterocycles. The highest BCUT2D eigenvalue weighted by Gasteiger charge is 2.25. The Balaban J connectivity index is 1.44. The fraction of sp³-hybridized carbons (Fsp3) is 0.455. The Morgan fingerprint density at radius 1 is 1.24 bits per heavy atom. The second-order valence-electron chi connectivity index (χ2n) is 7.86. The van der Waals surface area contributed by atoms with Crippen LogP contribution in [-0.4, -0.2) is 51.7 Å². The van der Waals surface area contributed by atoms with E-state index >= 15 is 0 Å². The molecule has 3 heterocycles. The number of benzene rings is 1. The largest absolute Gasteiger partial charge is 0.300 e. The van der Waals surface area contributed by atoms with E-state index in [1.165, 1.54) is 0 Å². The summed E-state index contributed by atoms with van der Waals surface area (Å²) in [6.45, 7) is 5.57. The molecule has 1 aromatic carbocycles. The summed E-state index contributed by atoms with van der Waals surface area (Å²) in [5.41, 5.74) is 1.83. The van der Waals surface area contributed by atoms with Crippen molar-refractivity contribution in [2.45, 2.75) is 39.3 Å². The minimum absolute atomic E-state index is 0.0503. The predicted molar refractivity (Wildman–Crippen MR) is 114 cm³/mol. The van der Waals surface area contributed by atoms with E-state index in [-0.39, 0.29) is 11.7 Å². The number of hydrogen-bond donors (Lipinski definition) is 0. The number of alkyl halides is 1. The molecule has 5 nitrogen and oxygen atoms in total. The first-order valence-electron chi connectivity index (χ1n) is 10.1. The van der Waals surface area contributed by atoms with E-state index in [0.29, 0.717) is 13.0 Å². The van der Waals surface area contributed by atoms with E-state index in [1.807, 2.05) is 31.3 Å². The Morgan fingerprint density at radius 3 is 2.72 bits per heavy atom. The number of aromatic nitrogens is 3. The summed E-state index contributed by atoms with van der Waals surface area (Å²) in [5, 5.41) is 12.2. The van der Waals surface area contributed by atoms with Gasteiger partial charge >= 0.3 is 0 Å². The second kappa shape index (κ2) is 8.63. The Labute approximate surface area is 174 Å². The standard InChI is InChI=1S/C22H25FN4OS/c1-14(23)13-27-7-5-16(6-8-27)21(28)11-20-10-19-9-17(3-4-18(19)12-24-20)22-26-25-15(2)29-22/h3-4,9-10,12,14,16H,5-8,11,13H2,1-2H3/t14-/m0/s1. The third-order valence-electron chi connectivity index (χ3n) is 5.46. The molecule has 1 fully saturated rings. The van der Waals surface area contributed by atoms with Crippen molar-refractivity contribution in [3.63, 3.8) is 0 Å². The number of carbonyl (C=O) groups excluding carboxylic acids is 1. The Bertz CT molecular complexity index is 1010. The fourth-order valence-electron chi connectivity index (χ4n) is 3.95. The van der Waals surface area contributed by atoms with Crippen molar-refractivity contribution < 1.29 is 9.18 Å². The zero-order valence-corrected chi connectivity index (χ0v) is 17.6. The quantitative estimate of drug-likeness (QED) is 0.606. The first-order chi connectivity index (χ1) is 14.0. The molecule has 0 bridgehead atoms. The summed E-state index contributed by atoms with van der Waals surface area (Å²) >= 11 is 1.57. The van der Waals surface area contributed by atoms with E-state index in [9.17, 15) is 9.18 Å². The summed E-state index contributed by atoms with van der Waals surface area (Å²) in [6, 6.07) is 8.15. The van der Waals surface area contributed by atoms with Crippen molar-refractivity contribution in [1.29, 1.82) is 0 Å². The van der Waals surface area contributed by atoms with Crippen LogP contribution in [0.1, 0.15) is 30.5 Å². The van der Waals surface area contributed by atoms with Gasteiger partial charge in [0, 0.05) is 41.7 Å². The molecule has 0 spiro atoms. The third kappa shape index (κ3) is 4.85. The number of hydrogen-bond acceptors (Lipinski definition) is 6. The van der Waals surface area contributed by atoms with Gasteiger partial charge < -0.3 is 4.90 Å². The number of carbonyl (C=O) groups is 1. The van der Waals surface area contributed by atoms with Gasteiger partial charge in [-0.1, -0.05) is 23.5 Å². The Kier molecular flexibility index (Phi) is 5.96. The monoisotopic (exact) mass is 412 g/mol. The number of halogens is 1. The molecule has 152 valence electrons. The van der Waals surface area contributed by atoms with Gasteiger partial charge in [-0.25, -0.2) is 4.39 Å². The average molecular weight is 413 g/mol. The molecule has 0 amide bonds. The number of piperidine rings is 1. The molecule has 3 aromatic rings. The molecule has 1 saturated heterocycles. The van der Waals surface area contributed by atoms with E-state index < -0.39 is 6.17 Å². The molecular weight excluding hydrogens is 387 g/mol. The van der Waals surface area contributed by atoms with Crippen molar-refractivity contribution in [3.8, 4) is 10.6 Å². The number of likely N-dealkylation sites (tertiary alicyclic amines) is 1. The van der Waals surface area contributed by atoms with Crippen molar-refractivity contribution in [3.05, 3.63) is 41.2 Å². The van der Waals surface area contributed by atoms with Crippen molar-refractivity contribution in [2.24, 2.45) is 5.92 Å². The van der Waals surface area contributed by atoms with Gasteiger partial charge in [-0.2, -0.15) is 0 Å². The van der Waals surface area contributed by atoms with Crippen molar-refractivity contribution in [1.82, 2.24) is 20.1 Å². The molecular formula is C22H25FN4OS. The van der Waals surface area contributed by atoms with Gasteiger partial charge in [0.2, 0.25) is 0 Å². The predicted octanol–water partition coefficient (Wildman–Crippen LogP) is 4.24. The smallest absolute Gasteiger partial charge is 0.147 e. The summed E-state index contributed by atoms with van der Waals surface area (Å²) < 4.78 is 13.2. The van der Waals surface area contributed by atoms with E-state index in [4.69, 9.17) is 0 Å². The lowest BCUT2D eigenvalue weighted by Crippen LogP contribution is -2.39. The summed E-state index contributed by atoms with van der Waals surface area (Å²) in [7, 11) is 0. The van der Waals surface area contributed by atoms with Gasteiger partial charge in [-0.15, -0.1) is 10.2 Å². The molecule has 29 heavy (non-hydrogen) atoms. The average Bonchev–Trinajstić information content (AvgIpc) is 3.14. The van der Waals surface area contributed by atoms with Crippen LogP contribution in [0.2, 0.25) is 0 Å². The number of pyridine rings is 1. The van der Waals surface area contributed by atoms with Crippen LogP contribution >= 0.6 is 11.3 Å². The first kappa shape index (κ1) is 20.0. The molecule has 7 heteroatoms. The van der Waals surface area contributed by atoms with Crippen molar-refractivity contribution in [2.75, 3.05) is 19.6 Å². The highest BCUT2D eigenvalue weighted by atomic mass is 32.1. The molecule has 4 rings (SSSR count). The first-order valence-corrected chi connectivity index (χ1v) is 10.9. The van der Waals surface area contributed by atoms with Crippen LogP contribution in [0.5, 0.6) is 0 Å². The molecule has 0 saturated carbocycles. The van der Waals surface area contributed by atoms with Gasteiger partial charge in [0.1, 0.15) is 22.0 Å². The zero-order chi connectivity index (χ0) is 20.4. The highest BCUT2D eigenvalue weighted by molar-refractivity contribution is 7.14. The summed E-state index contributed by atoms with van der Waals surface area (Å²) in [6.07, 6.45) is 2.97. The van der Waals surface area contributed by atoms with Crippen LogP contribution in [0.15, 0.2) is 30.5 Å². The molecule has 2 aromatic heterocycles. The Hall–Kier alpha value is -2.25. The minimum atomic E-state index is -0.821. The molecule has 1 atom stereocenters. The molecule has 1 aliphatic rings. The number of fused-ring (bicyclic) bond motifs is 1. The van der Waals surface area contributed by atoms with Gasteiger partial charge in [-0.05, 0) is 57.3 Å². The van der Waals surface area contributed by atoms with Gasteiger partial charge in [0.15, 0.2) is 0 Å². The molecule has 0 N–H and O–H groups in total. The number of Topliss-reactive ketones (excluding diaryl/α,β-unsaturated/α-hetero) is 1. The van der Waals surface area contributed by atoms with Crippen LogP contribution in [0, 0.1) is 12.8 Å². The third-order valence-corrected chi connectivity index (χ3v) is 6.35. The maximum atomic E-state index is 13.2. The van der Waals surface area contributed by atoms with Crippen LogP contribution in [0.3, 0.4) is 0 Å². The molecule has 0 radical (unpaired) electrons. The van der Waals surface area contributed by atoms with E-state index in [0.717, 1.165) is 58.0 Å². The van der Waals surface area contributed by atoms with Gasteiger partial charge in [0.05, 0.1) is 0 Å². The molecule has 0 aliphatic carbocycles. The van der Waals surface area contributed by atoms with E-state index in [1.54, 1.807) is 18.3 Å². The maximum absolute atomic E-state index is 13.2. The fourth-order valence-corrected chi connectivity index (χ4v) is 4.63. The van der Waals surface area contributed by atoms with Crippen LogP contribution in [-0.2, 0) is 11.2 Å². The summed E-state index contributed by atoms with van der Waals surface area (Å²) in [5.74, 6) is 0.287. The number of rotatable bonds is 6. The SMILES string of the molecule is Cc1nnc(-c2ccc3cnc(CC(=O)C4CCN(C[C@H](C)F)CC4)cc3c2)s1. The van der Waals surface area contributed by atoms with Crippen LogP contribution in [0.4, 0.5) is 4.39 Å². The topological polar surface area (TPSA) is 59.0 Å². The molecule has 0 unspecified atom stereocenters. The minimum Gasteiger partial charge on any atom is -0.300 e. The lowest BCUT2D eigenvalue weighted by Gasteiger charge is -2.31. The lowest BCUT2D eigenvalue weighted by molar-refractivity contribution is -0.123. The summed E-state index contributed by atoms with van der Waals surface area (Å²) in [4.78, 5) is 19.4. The van der Waals surface area contributed by atoms with Crippen LogP contribution < -0.4 is 0 Å². The lowest BCUT2D eigenvalue weighted by atomic mass is 9.90. The number of aryl methyl sites for hydroxylation is 1. The number of nitrogens with zero attached hydrogens (tertiary/aromatic N) is 4. The van der Waals surface area contributed by atoms with Crippen molar-refractivity contribution >= 4 is 27.9 Å². The van der Waals surface area contributed by atoms with Gasteiger partial charge in [0.25, 0.3) is 0 Å².